The molecule has 0 aliphatic carbocycles. The Morgan fingerprint density at radius 1 is 1.18 bits per heavy atom. The molecule has 0 saturated heterocycles. The monoisotopic (exact) mass is 326 g/mol. The summed E-state index contributed by atoms with van der Waals surface area (Å²) in [6.45, 7) is 1.81. The highest BCUT2D eigenvalue weighted by Gasteiger charge is 2.00. The van der Waals surface area contributed by atoms with E-state index < -0.39 is 0 Å². The molecule has 0 unspecified atom stereocenters. The van der Waals surface area contributed by atoms with E-state index in [0.717, 1.165) is 24.4 Å². The maximum Gasteiger partial charge on any atom is 0.110 e. The molecule has 0 aromatic carbocycles. The van der Waals surface area contributed by atoms with E-state index in [1.54, 1.807) is 22.7 Å². The van der Waals surface area contributed by atoms with Crippen molar-refractivity contribution in [2.24, 2.45) is 0 Å². The second kappa shape index (κ2) is 6.31. The minimum Gasteiger partial charge on any atom is -0.311 e. The van der Waals surface area contributed by atoms with Crippen LogP contribution < -0.4 is 5.32 Å². The quantitative estimate of drug-likeness (QED) is 0.849. The van der Waals surface area contributed by atoms with Gasteiger partial charge in [-0.3, -0.25) is 0 Å². The normalized spacial score (nSPS) is 10.4. The SMILES string of the molecule is N#Cc1ccc(CNCCc2ccc(Br)s2)s1. The number of nitrogens with one attached hydrogen (secondary N) is 1. The van der Waals surface area contributed by atoms with Crippen molar-refractivity contribution in [2.75, 3.05) is 6.54 Å². The number of halogens is 1. The van der Waals surface area contributed by atoms with Crippen LogP contribution in [0.2, 0.25) is 0 Å². The summed E-state index contributed by atoms with van der Waals surface area (Å²) in [5.41, 5.74) is 0. The van der Waals surface area contributed by atoms with Crippen LogP contribution in [0.1, 0.15) is 14.6 Å². The summed E-state index contributed by atoms with van der Waals surface area (Å²) in [5, 5.41) is 12.1. The van der Waals surface area contributed by atoms with Gasteiger partial charge in [0.2, 0.25) is 0 Å². The van der Waals surface area contributed by atoms with Gasteiger partial charge in [0.15, 0.2) is 0 Å². The lowest BCUT2D eigenvalue weighted by Gasteiger charge is -2.00. The topological polar surface area (TPSA) is 35.8 Å². The first-order chi connectivity index (χ1) is 8.28. The van der Waals surface area contributed by atoms with Gasteiger partial charge in [-0.2, -0.15) is 5.26 Å². The van der Waals surface area contributed by atoms with Crippen molar-refractivity contribution in [1.82, 2.24) is 5.32 Å². The summed E-state index contributed by atoms with van der Waals surface area (Å²) >= 11 is 6.79. The van der Waals surface area contributed by atoms with Crippen molar-refractivity contribution < 1.29 is 0 Å². The van der Waals surface area contributed by atoms with Crippen LogP contribution in [0.3, 0.4) is 0 Å². The van der Waals surface area contributed by atoms with Crippen molar-refractivity contribution in [2.45, 2.75) is 13.0 Å². The molecule has 2 aromatic rings. The molecule has 0 aliphatic rings. The van der Waals surface area contributed by atoms with Gasteiger partial charge < -0.3 is 5.32 Å². The molecule has 17 heavy (non-hydrogen) atoms. The van der Waals surface area contributed by atoms with Crippen LogP contribution in [-0.2, 0) is 13.0 Å². The van der Waals surface area contributed by atoms with E-state index in [1.165, 1.54) is 13.5 Å². The Morgan fingerprint density at radius 2 is 2.00 bits per heavy atom. The van der Waals surface area contributed by atoms with E-state index in [0.29, 0.717) is 0 Å². The summed E-state index contributed by atoms with van der Waals surface area (Å²) < 4.78 is 1.18. The molecule has 1 N–H and O–H groups in total. The number of hydrogen-bond donors (Lipinski definition) is 1. The van der Waals surface area contributed by atoms with Gasteiger partial charge in [0.25, 0.3) is 0 Å². The molecule has 2 rings (SSSR count). The lowest BCUT2D eigenvalue weighted by molar-refractivity contribution is 0.697. The Morgan fingerprint density at radius 3 is 2.65 bits per heavy atom. The molecule has 0 fully saturated rings. The third kappa shape index (κ3) is 3.93. The fourth-order valence-electron chi connectivity index (χ4n) is 1.44. The average molecular weight is 327 g/mol. The van der Waals surface area contributed by atoms with E-state index in [1.807, 2.05) is 12.1 Å². The molecule has 88 valence electrons. The summed E-state index contributed by atoms with van der Waals surface area (Å²) in [4.78, 5) is 3.38. The van der Waals surface area contributed by atoms with Crippen molar-refractivity contribution in [3.8, 4) is 6.07 Å². The van der Waals surface area contributed by atoms with Crippen molar-refractivity contribution in [3.63, 3.8) is 0 Å². The van der Waals surface area contributed by atoms with E-state index >= 15 is 0 Å². The molecule has 0 aliphatic heterocycles. The molecule has 0 amide bonds. The van der Waals surface area contributed by atoms with Crippen LogP contribution in [0.5, 0.6) is 0 Å². The highest BCUT2D eigenvalue weighted by atomic mass is 79.9. The molecule has 0 bridgehead atoms. The van der Waals surface area contributed by atoms with Crippen molar-refractivity contribution >= 4 is 38.6 Å². The molecule has 2 aromatic heterocycles. The van der Waals surface area contributed by atoms with E-state index in [4.69, 9.17) is 5.26 Å². The van der Waals surface area contributed by atoms with E-state index in [2.05, 4.69) is 39.4 Å². The molecular formula is C12H11BrN2S2. The average Bonchev–Trinajstić information content (AvgIpc) is 2.93. The summed E-state index contributed by atoms with van der Waals surface area (Å²) in [7, 11) is 0. The minimum absolute atomic E-state index is 0.781. The summed E-state index contributed by atoms with van der Waals surface area (Å²) in [6, 6.07) is 10.3. The fraction of sp³-hybridized carbons (Fsp3) is 0.250. The maximum atomic E-state index is 8.71. The zero-order chi connectivity index (χ0) is 12.1. The molecule has 2 nitrogen and oxygen atoms in total. The van der Waals surface area contributed by atoms with Crippen LogP contribution >= 0.6 is 38.6 Å². The lowest BCUT2D eigenvalue weighted by atomic mass is 10.3. The molecule has 0 spiro atoms. The largest absolute Gasteiger partial charge is 0.311 e. The van der Waals surface area contributed by atoms with E-state index in [-0.39, 0.29) is 0 Å². The Balaban J connectivity index is 1.71. The predicted octanol–water partition coefficient (Wildman–Crippen LogP) is 3.78. The molecule has 0 atom stereocenters. The first-order valence-electron chi connectivity index (χ1n) is 5.21. The molecule has 2 heterocycles. The standard InChI is InChI=1S/C12H11BrN2S2/c13-12-4-3-9(17-12)5-6-15-8-11-2-1-10(7-14)16-11/h1-4,15H,5-6,8H2. The second-order valence-electron chi connectivity index (χ2n) is 3.51. The third-order valence-corrected chi connectivity index (χ3v) is 4.92. The van der Waals surface area contributed by atoms with Crippen LogP contribution in [0.15, 0.2) is 28.1 Å². The number of rotatable bonds is 5. The van der Waals surface area contributed by atoms with Gasteiger partial charge in [0.1, 0.15) is 10.9 Å². The predicted molar refractivity (Wildman–Crippen MR) is 76.5 cm³/mol. The Labute approximate surface area is 117 Å². The smallest absolute Gasteiger partial charge is 0.110 e. The van der Waals surface area contributed by atoms with Crippen LogP contribution in [-0.4, -0.2) is 6.54 Å². The second-order valence-corrected chi connectivity index (χ2v) is 7.23. The van der Waals surface area contributed by atoms with Crippen LogP contribution in [0.25, 0.3) is 0 Å². The fourth-order valence-corrected chi connectivity index (χ4v) is 3.70. The summed E-state index contributed by atoms with van der Waals surface area (Å²) in [6.07, 6.45) is 1.05. The minimum atomic E-state index is 0.781. The van der Waals surface area contributed by atoms with Gasteiger partial charge in [-0.15, -0.1) is 22.7 Å². The first kappa shape index (κ1) is 12.8. The van der Waals surface area contributed by atoms with Gasteiger partial charge >= 0.3 is 0 Å². The highest BCUT2D eigenvalue weighted by Crippen LogP contribution is 2.22. The Kier molecular flexibility index (Phi) is 4.75. The van der Waals surface area contributed by atoms with Gasteiger partial charge in [-0.1, -0.05) is 0 Å². The van der Waals surface area contributed by atoms with Gasteiger partial charge in [-0.25, -0.2) is 0 Å². The number of nitrogens with zero attached hydrogens (tertiary/aromatic N) is 1. The van der Waals surface area contributed by atoms with Crippen molar-refractivity contribution in [3.05, 3.63) is 42.7 Å². The third-order valence-electron chi connectivity index (χ3n) is 2.25. The number of thiophene rings is 2. The zero-order valence-electron chi connectivity index (χ0n) is 9.07. The number of hydrogen-bond acceptors (Lipinski definition) is 4. The van der Waals surface area contributed by atoms with Gasteiger partial charge in [0, 0.05) is 22.8 Å². The van der Waals surface area contributed by atoms with E-state index in [9.17, 15) is 0 Å². The lowest BCUT2D eigenvalue weighted by Crippen LogP contribution is -2.15. The maximum absolute atomic E-state index is 8.71. The first-order valence-corrected chi connectivity index (χ1v) is 7.64. The van der Waals surface area contributed by atoms with Gasteiger partial charge in [0.05, 0.1) is 3.79 Å². The Hall–Kier alpha value is -0.670. The Bertz CT molecular complexity index is 525. The highest BCUT2D eigenvalue weighted by molar-refractivity contribution is 9.11. The van der Waals surface area contributed by atoms with Crippen molar-refractivity contribution in [1.29, 1.82) is 5.26 Å². The molecule has 0 radical (unpaired) electrons. The molecular weight excluding hydrogens is 316 g/mol. The zero-order valence-corrected chi connectivity index (χ0v) is 12.3. The number of nitriles is 1. The molecule has 0 saturated carbocycles. The molecule has 5 heteroatoms. The summed E-state index contributed by atoms with van der Waals surface area (Å²) in [5.74, 6) is 0. The van der Waals surface area contributed by atoms with Crippen LogP contribution in [0, 0.1) is 11.3 Å². The van der Waals surface area contributed by atoms with Crippen LogP contribution in [0.4, 0.5) is 0 Å². The van der Waals surface area contributed by atoms with Gasteiger partial charge in [-0.05, 0) is 46.6 Å².